The van der Waals surface area contributed by atoms with Crippen LogP contribution in [0.15, 0.2) is 54.6 Å². The highest BCUT2D eigenvalue weighted by atomic mass is 19.1. The highest BCUT2D eigenvalue weighted by Crippen LogP contribution is 2.23. The van der Waals surface area contributed by atoms with E-state index < -0.39 is 0 Å². The molecule has 0 aromatic heterocycles. The molecular weight excluding hydrogens is 277 g/mol. The summed E-state index contributed by atoms with van der Waals surface area (Å²) in [5.74, 6) is 0.222. The average molecular weight is 297 g/mol. The number of carbonyl (C=O) groups is 1. The molecule has 1 aliphatic heterocycles. The van der Waals surface area contributed by atoms with Gasteiger partial charge in [-0.15, -0.1) is 0 Å². The first kappa shape index (κ1) is 14.9. The number of nitrogens with zero attached hydrogens (tertiary/aromatic N) is 1. The van der Waals surface area contributed by atoms with E-state index in [2.05, 4.69) is 29.2 Å². The largest absolute Gasteiger partial charge is 0.299 e. The molecule has 3 rings (SSSR count). The standard InChI is InChI=1S/C19H20FNO/c20-18-8-6-17(7-9-18)19(22)12-16-10-11-21(14-16)13-15-4-2-1-3-5-15/h1-9,16H,10-14H2. The molecule has 0 N–H and O–H groups in total. The number of rotatable bonds is 5. The van der Waals surface area contributed by atoms with Crippen molar-refractivity contribution in [3.8, 4) is 0 Å². The normalized spacial score (nSPS) is 18.5. The number of benzene rings is 2. The molecule has 1 unspecified atom stereocenters. The van der Waals surface area contributed by atoms with Gasteiger partial charge in [-0.05, 0) is 48.7 Å². The Morgan fingerprint density at radius 3 is 2.55 bits per heavy atom. The summed E-state index contributed by atoms with van der Waals surface area (Å²) in [6.07, 6.45) is 1.61. The van der Waals surface area contributed by atoms with Gasteiger partial charge in [-0.25, -0.2) is 4.39 Å². The van der Waals surface area contributed by atoms with Crippen LogP contribution in [0, 0.1) is 11.7 Å². The molecule has 2 aromatic rings. The topological polar surface area (TPSA) is 20.3 Å². The van der Waals surface area contributed by atoms with E-state index in [1.165, 1.54) is 17.7 Å². The fraction of sp³-hybridized carbons (Fsp3) is 0.316. The number of likely N-dealkylation sites (tertiary alicyclic amines) is 1. The fourth-order valence-electron chi connectivity index (χ4n) is 3.08. The smallest absolute Gasteiger partial charge is 0.163 e. The summed E-state index contributed by atoms with van der Waals surface area (Å²) in [7, 11) is 0. The molecule has 2 aromatic carbocycles. The van der Waals surface area contributed by atoms with E-state index in [1.807, 2.05) is 6.07 Å². The van der Waals surface area contributed by atoms with Crippen molar-refractivity contribution in [2.45, 2.75) is 19.4 Å². The van der Waals surface area contributed by atoms with Gasteiger partial charge in [-0.3, -0.25) is 9.69 Å². The number of hydrogen-bond donors (Lipinski definition) is 0. The van der Waals surface area contributed by atoms with Crippen LogP contribution in [-0.2, 0) is 6.54 Å². The molecule has 0 radical (unpaired) electrons. The summed E-state index contributed by atoms with van der Waals surface area (Å²) in [4.78, 5) is 14.6. The summed E-state index contributed by atoms with van der Waals surface area (Å²) < 4.78 is 12.9. The Morgan fingerprint density at radius 1 is 1.09 bits per heavy atom. The molecule has 0 amide bonds. The van der Waals surface area contributed by atoms with Gasteiger partial charge in [0.25, 0.3) is 0 Å². The lowest BCUT2D eigenvalue weighted by Gasteiger charge is -2.15. The zero-order chi connectivity index (χ0) is 15.4. The molecule has 22 heavy (non-hydrogen) atoms. The minimum Gasteiger partial charge on any atom is -0.299 e. The predicted molar refractivity (Wildman–Crippen MR) is 85.2 cm³/mol. The van der Waals surface area contributed by atoms with E-state index in [1.54, 1.807) is 12.1 Å². The van der Waals surface area contributed by atoms with Crippen molar-refractivity contribution in [2.24, 2.45) is 5.92 Å². The summed E-state index contributed by atoms with van der Waals surface area (Å²) in [6.45, 7) is 2.94. The Balaban J connectivity index is 1.52. The van der Waals surface area contributed by atoms with Gasteiger partial charge in [0.2, 0.25) is 0 Å². The van der Waals surface area contributed by atoms with Gasteiger partial charge in [-0.1, -0.05) is 30.3 Å². The van der Waals surface area contributed by atoms with Crippen LogP contribution >= 0.6 is 0 Å². The van der Waals surface area contributed by atoms with Crippen LogP contribution in [0.25, 0.3) is 0 Å². The molecule has 1 heterocycles. The maximum atomic E-state index is 12.9. The Kier molecular flexibility index (Phi) is 4.64. The first-order valence-corrected chi connectivity index (χ1v) is 7.76. The fourth-order valence-corrected chi connectivity index (χ4v) is 3.08. The van der Waals surface area contributed by atoms with Crippen molar-refractivity contribution in [2.75, 3.05) is 13.1 Å². The summed E-state index contributed by atoms with van der Waals surface area (Å²) in [5.41, 5.74) is 1.93. The molecule has 3 heteroatoms. The molecule has 0 bridgehead atoms. The lowest BCUT2D eigenvalue weighted by atomic mass is 9.97. The van der Waals surface area contributed by atoms with E-state index in [0.717, 1.165) is 26.1 Å². The lowest BCUT2D eigenvalue weighted by molar-refractivity contribution is 0.0962. The second-order valence-electron chi connectivity index (χ2n) is 6.01. The molecule has 2 nitrogen and oxygen atoms in total. The first-order valence-electron chi connectivity index (χ1n) is 7.76. The van der Waals surface area contributed by atoms with E-state index in [-0.39, 0.29) is 11.6 Å². The van der Waals surface area contributed by atoms with Crippen molar-refractivity contribution >= 4 is 5.78 Å². The second kappa shape index (κ2) is 6.84. The highest BCUT2D eigenvalue weighted by molar-refractivity contribution is 5.96. The maximum absolute atomic E-state index is 12.9. The van der Waals surface area contributed by atoms with E-state index in [9.17, 15) is 9.18 Å². The molecule has 1 fully saturated rings. The van der Waals surface area contributed by atoms with Crippen LogP contribution < -0.4 is 0 Å². The summed E-state index contributed by atoms with van der Waals surface area (Å²) in [5, 5.41) is 0. The van der Waals surface area contributed by atoms with E-state index in [4.69, 9.17) is 0 Å². The number of carbonyl (C=O) groups excluding carboxylic acids is 1. The van der Waals surface area contributed by atoms with Crippen LogP contribution in [-0.4, -0.2) is 23.8 Å². The Hall–Kier alpha value is -2.00. The van der Waals surface area contributed by atoms with Crippen LogP contribution in [0.3, 0.4) is 0 Å². The third-order valence-corrected chi connectivity index (χ3v) is 4.26. The number of ketones is 1. The maximum Gasteiger partial charge on any atom is 0.163 e. The molecule has 1 saturated heterocycles. The van der Waals surface area contributed by atoms with Gasteiger partial charge in [0.15, 0.2) is 5.78 Å². The third kappa shape index (κ3) is 3.80. The molecule has 114 valence electrons. The van der Waals surface area contributed by atoms with Crippen molar-refractivity contribution in [3.63, 3.8) is 0 Å². The van der Waals surface area contributed by atoms with Gasteiger partial charge >= 0.3 is 0 Å². The van der Waals surface area contributed by atoms with Crippen LogP contribution in [0.1, 0.15) is 28.8 Å². The minimum absolute atomic E-state index is 0.117. The predicted octanol–water partition coefficient (Wildman–Crippen LogP) is 3.92. The third-order valence-electron chi connectivity index (χ3n) is 4.26. The Labute approximate surface area is 130 Å². The highest BCUT2D eigenvalue weighted by Gasteiger charge is 2.24. The Morgan fingerprint density at radius 2 is 1.82 bits per heavy atom. The minimum atomic E-state index is -0.300. The zero-order valence-electron chi connectivity index (χ0n) is 12.5. The zero-order valence-corrected chi connectivity index (χ0v) is 12.5. The van der Waals surface area contributed by atoms with Crippen molar-refractivity contribution in [3.05, 3.63) is 71.5 Å². The van der Waals surface area contributed by atoms with Gasteiger partial charge in [0, 0.05) is 25.1 Å². The summed E-state index contributed by atoms with van der Waals surface area (Å²) in [6, 6.07) is 16.3. The van der Waals surface area contributed by atoms with Crippen LogP contribution in [0.5, 0.6) is 0 Å². The molecule has 0 aliphatic carbocycles. The van der Waals surface area contributed by atoms with Crippen LogP contribution in [0.4, 0.5) is 4.39 Å². The van der Waals surface area contributed by atoms with Crippen molar-refractivity contribution in [1.82, 2.24) is 4.90 Å². The average Bonchev–Trinajstić information content (AvgIpc) is 2.96. The number of Topliss-reactive ketones (excluding diaryl/α,β-unsaturated/α-hetero) is 1. The second-order valence-corrected chi connectivity index (χ2v) is 6.01. The van der Waals surface area contributed by atoms with Gasteiger partial charge in [0.1, 0.15) is 5.82 Å². The van der Waals surface area contributed by atoms with Crippen LogP contribution in [0.2, 0.25) is 0 Å². The van der Waals surface area contributed by atoms with Gasteiger partial charge < -0.3 is 0 Å². The molecule has 0 saturated carbocycles. The van der Waals surface area contributed by atoms with E-state index in [0.29, 0.717) is 17.9 Å². The SMILES string of the molecule is O=C(CC1CCN(Cc2ccccc2)C1)c1ccc(F)cc1. The lowest BCUT2D eigenvalue weighted by Crippen LogP contribution is -2.20. The molecule has 1 atom stereocenters. The van der Waals surface area contributed by atoms with E-state index >= 15 is 0 Å². The monoisotopic (exact) mass is 297 g/mol. The van der Waals surface area contributed by atoms with Gasteiger partial charge in [-0.2, -0.15) is 0 Å². The number of halogens is 1. The number of hydrogen-bond acceptors (Lipinski definition) is 2. The van der Waals surface area contributed by atoms with Crippen molar-refractivity contribution < 1.29 is 9.18 Å². The first-order chi connectivity index (χ1) is 10.7. The molecular formula is C19H20FNO. The van der Waals surface area contributed by atoms with Gasteiger partial charge in [0.05, 0.1) is 0 Å². The summed E-state index contributed by atoms with van der Waals surface area (Å²) >= 11 is 0. The Bertz CT molecular complexity index is 624. The molecule has 1 aliphatic rings. The quantitative estimate of drug-likeness (QED) is 0.780. The van der Waals surface area contributed by atoms with Crippen molar-refractivity contribution in [1.29, 1.82) is 0 Å². The molecule has 0 spiro atoms.